The number of nitrogens with zero attached hydrogens (tertiary/aromatic N) is 3. The Labute approximate surface area is 162 Å². The Kier molecular flexibility index (Phi) is 8.83. The Morgan fingerprint density at radius 2 is 1.79 bits per heavy atom. The summed E-state index contributed by atoms with van der Waals surface area (Å²) in [5, 5.41) is 6.71. The molecule has 1 fully saturated rings. The molecule has 5 nitrogen and oxygen atoms in total. The van der Waals surface area contributed by atoms with E-state index in [4.69, 9.17) is 0 Å². The predicted molar refractivity (Wildman–Crippen MR) is 111 cm³/mol. The molecule has 0 unspecified atom stereocenters. The van der Waals surface area contributed by atoms with Crippen molar-refractivity contribution in [2.45, 2.75) is 19.4 Å². The molecular formula is C18H30IN5. The van der Waals surface area contributed by atoms with Crippen LogP contribution in [0.1, 0.15) is 18.4 Å². The van der Waals surface area contributed by atoms with Crippen LogP contribution in [0.4, 0.5) is 0 Å². The van der Waals surface area contributed by atoms with E-state index in [1.807, 2.05) is 0 Å². The van der Waals surface area contributed by atoms with Crippen molar-refractivity contribution in [2.24, 2.45) is 4.99 Å². The second-order valence-electron chi connectivity index (χ2n) is 6.39. The lowest BCUT2D eigenvalue weighted by Crippen LogP contribution is -2.47. The van der Waals surface area contributed by atoms with E-state index in [-0.39, 0.29) is 24.0 Å². The Balaban J connectivity index is 0.00000208. The van der Waals surface area contributed by atoms with Gasteiger partial charge in [0.05, 0.1) is 0 Å². The van der Waals surface area contributed by atoms with Crippen molar-refractivity contribution in [2.75, 3.05) is 52.4 Å². The first-order chi connectivity index (χ1) is 11.4. The van der Waals surface area contributed by atoms with Crippen LogP contribution in [0, 0.1) is 0 Å². The van der Waals surface area contributed by atoms with Crippen molar-refractivity contribution >= 4 is 29.9 Å². The maximum atomic E-state index is 4.44. The van der Waals surface area contributed by atoms with Gasteiger partial charge in [-0.1, -0.05) is 30.3 Å². The van der Waals surface area contributed by atoms with Crippen LogP contribution in [0.5, 0.6) is 0 Å². The molecule has 2 heterocycles. The molecule has 2 aliphatic heterocycles. The van der Waals surface area contributed by atoms with Crippen LogP contribution >= 0.6 is 24.0 Å². The summed E-state index contributed by atoms with van der Waals surface area (Å²) in [7, 11) is 0. The number of halogens is 1. The quantitative estimate of drug-likeness (QED) is 0.520. The normalized spacial score (nSPS) is 19.1. The lowest BCUT2D eigenvalue weighted by Gasteiger charge is -2.34. The van der Waals surface area contributed by atoms with Gasteiger partial charge >= 0.3 is 0 Å². The van der Waals surface area contributed by atoms with Gasteiger partial charge in [-0.25, -0.2) is 0 Å². The molecule has 0 amide bonds. The number of benzene rings is 1. The standard InChI is InChI=1S/C18H29N5.HI/c1-2-6-17(7-3-1)16-23-14-12-22(13-15-23)11-5-10-21-18-19-8-4-9-20-18;/h1-3,6-7H,4-5,8-16H2,(H2,19,20,21);1H. The maximum Gasteiger partial charge on any atom is 0.191 e. The third-order valence-electron chi connectivity index (χ3n) is 4.55. The summed E-state index contributed by atoms with van der Waals surface area (Å²) < 4.78 is 0. The highest BCUT2D eigenvalue weighted by Gasteiger charge is 2.16. The summed E-state index contributed by atoms with van der Waals surface area (Å²) in [4.78, 5) is 9.58. The fourth-order valence-corrected chi connectivity index (χ4v) is 3.17. The summed E-state index contributed by atoms with van der Waals surface area (Å²) in [6.07, 6.45) is 2.33. The summed E-state index contributed by atoms with van der Waals surface area (Å²) in [5.41, 5.74) is 1.42. The molecule has 0 aliphatic carbocycles. The monoisotopic (exact) mass is 443 g/mol. The van der Waals surface area contributed by atoms with Crippen molar-refractivity contribution in [3.63, 3.8) is 0 Å². The van der Waals surface area contributed by atoms with Gasteiger partial charge in [-0.3, -0.25) is 9.89 Å². The van der Waals surface area contributed by atoms with Crippen LogP contribution in [0.15, 0.2) is 35.3 Å². The van der Waals surface area contributed by atoms with Crippen molar-refractivity contribution in [3.8, 4) is 0 Å². The SMILES string of the molecule is I.c1ccc(CN2CCN(CCCNC3=NCCCN3)CC2)cc1. The fourth-order valence-electron chi connectivity index (χ4n) is 3.17. The topological polar surface area (TPSA) is 42.9 Å². The molecule has 1 aromatic carbocycles. The summed E-state index contributed by atoms with van der Waals surface area (Å²) in [6, 6.07) is 10.8. The largest absolute Gasteiger partial charge is 0.356 e. The van der Waals surface area contributed by atoms with E-state index < -0.39 is 0 Å². The Morgan fingerprint density at radius 3 is 2.50 bits per heavy atom. The first-order valence-corrected chi connectivity index (χ1v) is 8.91. The second-order valence-corrected chi connectivity index (χ2v) is 6.39. The number of hydrogen-bond acceptors (Lipinski definition) is 5. The minimum absolute atomic E-state index is 0. The number of piperazine rings is 1. The first kappa shape index (κ1) is 19.5. The van der Waals surface area contributed by atoms with Crippen molar-refractivity contribution < 1.29 is 0 Å². The molecule has 0 saturated carbocycles. The zero-order valence-electron chi connectivity index (χ0n) is 14.4. The molecule has 3 rings (SSSR count). The molecule has 134 valence electrons. The molecule has 2 N–H and O–H groups in total. The molecule has 1 saturated heterocycles. The van der Waals surface area contributed by atoms with Crippen molar-refractivity contribution in [1.29, 1.82) is 0 Å². The molecule has 0 aromatic heterocycles. The van der Waals surface area contributed by atoms with Gasteiger partial charge in [-0.05, 0) is 24.9 Å². The van der Waals surface area contributed by atoms with Crippen LogP contribution in [-0.4, -0.2) is 68.1 Å². The zero-order valence-corrected chi connectivity index (χ0v) is 16.7. The average molecular weight is 443 g/mol. The lowest BCUT2D eigenvalue weighted by atomic mass is 10.2. The van der Waals surface area contributed by atoms with E-state index >= 15 is 0 Å². The van der Waals surface area contributed by atoms with Gasteiger partial charge in [0.25, 0.3) is 0 Å². The minimum Gasteiger partial charge on any atom is -0.356 e. The molecule has 2 aliphatic rings. The van der Waals surface area contributed by atoms with Gasteiger partial charge in [0.2, 0.25) is 0 Å². The van der Waals surface area contributed by atoms with E-state index in [0.29, 0.717) is 0 Å². The molecule has 0 atom stereocenters. The number of aliphatic imine (C=N–C) groups is 1. The summed E-state index contributed by atoms with van der Waals surface area (Å²) >= 11 is 0. The average Bonchev–Trinajstić information content (AvgIpc) is 2.62. The Morgan fingerprint density at radius 1 is 1.04 bits per heavy atom. The first-order valence-electron chi connectivity index (χ1n) is 8.91. The highest BCUT2D eigenvalue weighted by Crippen LogP contribution is 2.08. The van der Waals surface area contributed by atoms with Crippen molar-refractivity contribution in [3.05, 3.63) is 35.9 Å². The molecule has 24 heavy (non-hydrogen) atoms. The number of guanidine groups is 1. The van der Waals surface area contributed by atoms with Crippen LogP contribution in [0.25, 0.3) is 0 Å². The van der Waals surface area contributed by atoms with Gasteiger partial charge in [0.1, 0.15) is 0 Å². The highest BCUT2D eigenvalue weighted by molar-refractivity contribution is 14.0. The zero-order chi connectivity index (χ0) is 15.7. The molecular weight excluding hydrogens is 413 g/mol. The van der Waals surface area contributed by atoms with Crippen LogP contribution < -0.4 is 10.6 Å². The third kappa shape index (κ3) is 6.57. The molecule has 6 heteroatoms. The molecule has 0 spiro atoms. The fraction of sp³-hybridized carbons (Fsp3) is 0.611. The summed E-state index contributed by atoms with van der Waals surface area (Å²) in [5.74, 6) is 0.990. The maximum absolute atomic E-state index is 4.44. The van der Waals surface area contributed by atoms with E-state index in [2.05, 4.69) is 55.8 Å². The van der Waals surface area contributed by atoms with Gasteiger partial charge < -0.3 is 15.5 Å². The third-order valence-corrected chi connectivity index (χ3v) is 4.55. The minimum atomic E-state index is 0. The summed E-state index contributed by atoms with van der Waals surface area (Å²) in [6.45, 7) is 10.0. The van der Waals surface area contributed by atoms with Crippen LogP contribution in [0.2, 0.25) is 0 Å². The van der Waals surface area contributed by atoms with E-state index in [1.54, 1.807) is 0 Å². The van der Waals surface area contributed by atoms with Gasteiger partial charge in [0, 0.05) is 52.4 Å². The van der Waals surface area contributed by atoms with E-state index in [0.717, 1.165) is 38.6 Å². The molecule has 0 bridgehead atoms. The Hall–Kier alpha value is -0.860. The van der Waals surface area contributed by atoms with Gasteiger partial charge in [0.15, 0.2) is 5.96 Å². The van der Waals surface area contributed by atoms with Gasteiger partial charge in [-0.15, -0.1) is 24.0 Å². The second kappa shape index (κ2) is 10.9. The Bertz CT molecular complexity index is 485. The predicted octanol–water partition coefficient (Wildman–Crippen LogP) is 1.75. The molecule has 0 radical (unpaired) electrons. The number of nitrogens with one attached hydrogen (secondary N) is 2. The molecule has 1 aromatic rings. The van der Waals surface area contributed by atoms with Crippen LogP contribution in [-0.2, 0) is 6.54 Å². The highest BCUT2D eigenvalue weighted by atomic mass is 127. The number of rotatable bonds is 6. The van der Waals surface area contributed by atoms with Gasteiger partial charge in [-0.2, -0.15) is 0 Å². The smallest absolute Gasteiger partial charge is 0.191 e. The lowest BCUT2D eigenvalue weighted by molar-refractivity contribution is 0.126. The van der Waals surface area contributed by atoms with E-state index in [1.165, 1.54) is 44.7 Å². The van der Waals surface area contributed by atoms with Crippen molar-refractivity contribution in [1.82, 2.24) is 20.4 Å². The van der Waals surface area contributed by atoms with Crippen LogP contribution in [0.3, 0.4) is 0 Å². The number of hydrogen-bond donors (Lipinski definition) is 2. The van der Waals surface area contributed by atoms with E-state index in [9.17, 15) is 0 Å².